The van der Waals surface area contributed by atoms with Crippen LogP contribution in [0, 0.1) is 11.6 Å². The smallest absolute Gasteiger partial charge is 0.166 e. The number of nitrogens with one attached hydrogen (secondary N) is 1. The lowest BCUT2D eigenvalue weighted by Crippen LogP contribution is -2.14. The SMILES string of the molecule is COc1cccc(CNCc2ccc(F)cc2)c1OCc1ccccc1F. The van der Waals surface area contributed by atoms with Crippen molar-refractivity contribution in [2.45, 2.75) is 19.7 Å². The minimum absolute atomic E-state index is 0.109. The standard InChI is InChI=1S/C22H21F2NO2/c1-26-21-8-4-6-17(14-25-13-16-9-11-19(23)12-10-16)22(21)27-15-18-5-2-3-7-20(18)24/h2-12,25H,13-15H2,1H3. The molecule has 3 rings (SSSR count). The van der Waals surface area contributed by atoms with Gasteiger partial charge in [0.2, 0.25) is 0 Å². The lowest BCUT2D eigenvalue weighted by molar-refractivity contribution is 0.276. The quantitative estimate of drug-likeness (QED) is 0.616. The third-order valence-corrected chi connectivity index (χ3v) is 4.17. The van der Waals surface area contributed by atoms with E-state index in [-0.39, 0.29) is 18.2 Å². The first-order valence-corrected chi connectivity index (χ1v) is 8.64. The van der Waals surface area contributed by atoms with Crippen molar-refractivity contribution in [3.05, 3.63) is 95.1 Å². The summed E-state index contributed by atoms with van der Waals surface area (Å²) >= 11 is 0. The number of rotatable bonds is 8. The van der Waals surface area contributed by atoms with Crippen molar-refractivity contribution in [2.24, 2.45) is 0 Å². The molecule has 0 aliphatic heterocycles. The molecule has 0 heterocycles. The first kappa shape index (κ1) is 18.9. The van der Waals surface area contributed by atoms with Gasteiger partial charge >= 0.3 is 0 Å². The molecule has 0 fully saturated rings. The van der Waals surface area contributed by atoms with Crippen LogP contribution < -0.4 is 14.8 Å². The lowest BCUT2D eigenvalue weighted by Gasteiger charge is -2.16. The van der Waals surface area contributed by atoms with Gasteiger partial charge in [0.15, 0.2) is 11.5 Å². The van der Waals surface area contributed by atoms with Crippen LogP contribution in [0.25, 0.3) is 0 Å². The van der Waals surface area contributed by atoms with Gasteiger partial charge in [-0.15, -0.1) is 0 Å². The van der Waals surface area contributed by atoms with Crippen molar-refractivity contribution < 1.29 is 18.3 Å². The molecule has 0 radical (unpaired) electrons. The molecule has 3 aromatic rings. The fraction of sp³-hybridized carbons (Fsp3) is 0.182. The van der Waals surface area contributed by atoms with Crippen molar-refractivity contribution in [3.63, 3.8) is 0 Å². The van der Waals surface area contributed by atoms with Crippen LogP contribution in [0.15, 0.2) is 66.7 Å². The molecule has 0 amide bonds. The van der Waals surface area contributed by atoms with Crippen LogP contribution >= 0.6 is 0 Å². The number of halogens is 2. The maximum absolute atomic E-state index is 13.8. The highest BCUT2D eigenvalue weighted by molar-refractivity contribution is 5.46. The molecule has 0 spiro atoms. The molecule has 0 bridgehead atoms. The molecule has 0 saturated heterocycles. The van der Waals surface area contributed by atoms with E-state index in [0.29, 0.717) is 30.2 Å². The Morgan fingerprint density at radius 1 is 0.815 bits per heavy atom. The minimum atomic E-state index is -0.302. The zero-order valence-electron chi connectivity index (χ0n) is 15.0. The number of methoxy groups -OCH3 is 1. The number of benzene rings is 3. The van der Waals surface area contributed by atoms with Gasteiger partial charge in [0.25, 0.3) is 0 Å². The molecular formula is C22H21F2NO2. The summed E-state index contributed by atoms with van der Waals surface area (Å²) in [4.78, 5) is 0. The van der Waals surface area contributed by atoms with Crippen LogP contribution in [0.4, 0.5) is 8.78 Å². The van der Waals surface area contributed by atoms with Gasteiger partial charge in [-0.05, 0) is 29.8 Å². The third-order valence-electron chi connectivity index (χ3n) is 4.17. The molecule has 0 aliphatic rings. The van der Waals surface area contributed by atoms with Crippen LogP contribution in [0.3, 0.4) is 0 Å². The maximum atomic E-state index is 13.8. The van der Waals surface area contributed by atoms with Gasteiger partial charge in [0.1, 0.15) is 18.2 Å². The first-order chi connectivity index (χ1) is 13.2. The highest BCUT2D eigenvalue weighted by Crippen LogP contribution is 2.32. The Hall–Kier alpha value is -2.92. The second-order valence-corrected chi connectivity index (χ2v) is 6.06. The van der Waals surface area contributed by atoms with Gasteiger partial charge in [0, 0.05) is 24.2 Å². The third kappa shape index (κ3) is 5.05. The van der Waals surface area contributed by atoms with Crippen LogP contribution in [0.2, 0.25) is 0 Å². The zero-order chi connectivity index (χ0) is 19.1. The summed E-state index contributed by atoms with van der Waals surface area (Å²) in [5.41, 5.74) is 2.36. The molecule has 27 heavy (non-hydrogen) atoms. The second kappa shape index (κ2) is 9.14. The van der Waals surface area contributed by atoms with Crippen LogP contribution in [0.5, 0.6) is 11.5 Å². The van der Waals surface area contributed by atoms with E-state index in [9.17, 15) is 8.78 Å². The number of ether oxygens (including phenoxy) is 2. The van der Waals surface area contributed by atoms with E-state index in [1.54, 1.807) is 43.5 Å². The Morgan fingerprint density at radius 2 is 1.56 bits per heavy atom. The van der Waals surface area contributed by atoms with Gasteiger partial charge < -0.3 is 14.8 Å². The van der Waals surface area contributed by atoms with Crippen LogP contribution in [-0.4, -0.2) is 7.11 Å². The Morgan fingerprint density at radius 3 is 2.30 bits per heavy atom. The summed E-state index contributed by atoms with van der Waals surface area (Å²) < 4.78 is 38.1. The Labute approximate surface area is 157 Å². The monoisotopic (exact) mass is 369 g/mol. The second-order valence-electron chi connectivity index (χ2n) is 6.06. The van der Waals surface area contributed by atoms with E-state index in [1.807, 2.05) is 12.1 Å². The van der Waals surface area contributed by atoms with Crippen molar-refractivity contribution in [1.82, 2.24) is 5.32 Å². The molecule has 0 aliphatic carbocycles. The molecule has 1 N–H and O–H groups in total. The van der Waals surface area contributed by atoms with Gasteiger partial charge in [0.05, 0.1) is 7.11 Å². The average Bonchev–Trinajstić information content (AvgIpc) is 2.69. The molecular weight excluding hydrogens is 348 g/mol. The highest BCUT2D eigenvalue weighted by atomic mass is 19.1. The lowest BCUT2D eigenvalue weighted by atomic mass is 10.1. The molecule has 5 heteroatoms. The molecule has 3 nitrogen and oxygen atoms in total. The predicted molar refractivity (Wildman–Crippen MR) is 101 cm³/mol. The predicted octanol–water partition coefficient (Wildman–Crippen LogP) is 4.84. The van der Waals surface area contributed by atoms with Crippen LogP contribution in [0.1, 0.15) is 16.7 Å². The summed E-state index contributed by atoms with van der Waals surface area (Å²) in [6, 6.07) is 18.5. The van der Waals surface area contributed by atoms with E-state index in [2.05, 4.69) is 5.32 Å². The normalized spacial score (nSPS) is 10.6. The number of hydrogen-bond donors (Lipinski definition) is 1. The summed E-state index contributed by atoms with van der Waals surface area (Å²) in [6.45, 7) is 1.23. The van der Waals surface area contributed by atoms with Gasteiger partial charge in [-0.3, -0.25) is 0 Å². The first-order valence-electron chi connectivity index (χ1n) is 8.64. The van der Waals surface area contributed by atoms with Crippen molar-refractivity contribution >= 4 is 0 Å². The molecule has 0 unspecified atom stereocenters. The van der Waals surface area contributed by atoms with Gasteiger partial charge in [-0.2, -0.15) is 0 Å². The summed E-state index contributed by atoms with van der Waals surface area (Å²) in [6.07, 6.45) is 0. The Bertz CT molecular complexity index is 882. The molecule has 0 saturated carbocycles. The fourth-order valence-corrected chi connectivity index (χ4v) is 2.73. The van der Waals surface area contributed by atoms with Crippen molar-refractivity contribution in [2.75, 3.05) is 7.11 Å². The Kier molecular flexibility index (Phi) is 6.39. The van der Waals surface area contributed by atoms with Gasteiger partial charge in [-0.25, -0.2) is 8.78 Å². The fourth-order valence-electron chi connectivity index (χ4n) is 2.73. The Balaban J connectivity index is 1.69. The summed E-state index contributed by atoms with van der Waals surface area (Å²) in [7, 11) is 1.57. The minimum Gasteiger partial charge on any atom is -0.493 e. The topological polar surface area (TPSA) is 30.5 Å². The van der Waals surface area contributed by atoms with E-state index in [4.69, 9.17) is 9.47 Å². The molecule has 140 valence electrons. The molecule has 0 aromatic heterocycles. The summed E-state index contributed by atoms with van der Waals surface area (Å²) in [5.74, 6) is 0.612. The van der Waals surface area contributed by atoms with Gasteiger partial charge in [-0.1, -0.05) is 42.5 Å². The van der Waals surface area contributed by atoms with E-state index >= 15 is 0 Å². The van der Waals surface area contributed by atoms with Crippen molar-refractivity contribution in [3.8, 4) is 11.5 Å². The van der Waals surface area contributed by atoms with Crippen molar-refractivity contribution in [1.29, 1.82) is 0 Å². The summed E-state index contributed by atoms with van der Waals surface area (Å²) in [5, 5.41) is 3.31. The van der Waals surface area contributed by atoms with Crippen LogP contribution in [-0.2, 0) is 19.7 Å². The number of hydrogen-bond acceptors (Lipinski definition) is 3. The van der Waals surface area contributed by atoms with E-state index in [0.717, 1.165) is 11.1 Å². The zero-order valence-corrected chi connectivity index (χ0v) is 15.0. The van der Waals surface area contributed by atoms with E-state index < -0.39 is 0 Å². The largest absolute Gasteiger partial charge is 0.493 e. The van der Waals surface area contributed by atoms with E-state index in [1.165, 1.54) is 18.2 Å². The molecule has 0 atom stereocenters. The highest BCUT2D eigenvalue weighted by Gasteiger charge is 2.12. The average molecular weight is 369 g/mol. The number of para-hydroxylation sites is 1. The maximum Gasteiger partial charge on any atom is 0.166 e. The molecule has 3 aromatic carbocycles.